The van der Waals surface area contributed by atoms with E-state index in [4.69, 9.17) is 28.9 Å². The molecular weight excluding hydrogens is 471 g/mol. The number of pyridine rings is 1. The summed E-state index contributed by atoms with van der Waals surface area (Å²) < 4.78 is 14.8. The summed E-state index contributed by atoms with van der Waals surface area (Å²) in [7, 11) is 1.69. The molecule has 4 aromatic rings. The number of H-pyrrole nitrogens is 1. The molecule has 1 aliphatic rings. The number of aromatic nitrogens is 1. The van der Waals surface area contributed by atoms with E-state index in [2.05, 4.69) is 10.3 Å². The molecule has 3 aromatic carbocycles. The zero-order valence-corrected chi connectivity index (χ0v) is 19.8. The lowest BCUT2D eigenvalue weighted by Gasteiger charge is -2.24. The van der Waals surface area contributed by atoms with Crippen LogP contribution in [-0.2, 0) is 0 Å². The van der Waals surface area contributed by atoms with Crippen LogP contribution >= 0.6 is 23.8 Å². The fourth-order valence-corrected chi connectivity index (χ4v) is 4.74. The summed E-state index contributed by atoms with van der Waals surface area (Å²) >= 11 is 11.8. The molecule has 0 saturated carbocycles. The molecule has 170 valence electrons. The van der Waals surface area contributed by atoms with Crippen molar-refractivity contribution in [2.75, 3.05) is 7.05 Å². The zero-order chi connectivity index (χ0) is 23.8. The zero-order valence-electron chi connectivity index (χ0n) is 18.2. The molecule has 2 N–H and O–H groups in total. The average Bonchev–Trinajstić information content (AvgIpc) is 3.28. The standard InChI is InChI=1S/C26H20ClFN4OS/c1-29-26(34)32-22(17-9-5-6-10-19(17)28)14-21(31-32)24-23(15-7-3-2-4-8-15)18-13-16(27)11-12-20(18)30-25(24)33/h2-13,22H,14H2,1H3,(H,29,34)(H,30,33)/t22-/m1/s1. The lowest BCUT2D eigenvalue weighted by Crippen LogP contribution is -2.34. The first-order valence-corrected chi connectivity index (χ1v) is 11.5. The van der Waals surface area contributed by atoms with Crippen LogP contribution in [0.15, 0.2) is 82.7 Å². The Bertz CT molecular complexity index is 1500. The third-order valence-electron chi connectivity index (χ3n) is 5.92. The van der Waals surface area contributed by atoms with Gasteiger partial charge in [0.15, 0.2) is 5.11 Å². The van der Waals surface area contributed by atoms with Gasteiger partial charge in [-0.3, -0.25) is 4.79 Å². The number of aromatic amines is 1. The molecular formula is C26H20ClFN4OS. The Morgan fingerprint density at radius 1 is 1.12 bits per heavy atom. The SMILES string of the molecule is CNC(=S)N1N=C(c2c(-c3ccccc3)c3cc(Cl)ccc3[nH]c2=O)C[C@@H]1c1ccccc1F. The minimum atomic E-state index is -0.491. The number of benzene rings is 3. The van der Waals surface area contributed by atoms with Crippen molar-refractivity contribution < 1.29 is 4.39 Å². The third-order valence-corrected chi connectivity index (χ3v) is 6.55. The summed E-state index contributed by atoms with van der Waals surface area (Å²) in [4.78, 5) is 16.4. The van der Waals surface area contributed by atoms with Gasteiger partial charge < -0.3 is 10.3 Å². The van der Waals surface area contributed by atoms with Crippen molar-refractivity contribution in [3.63, 3.8) is 0 Å². The first-order valence-electron chi connectivity index (χ1n) is 10.7. The predicted octanol–water partition coefficient (Wildman–Crippen LogP) is 5.64. The summed E-state index contributed by atoms with van der Waals surface area (Å²) in [5.41, 5.74) is 3.37. The Morgan fingerprint density at radius 2 is 1.85 bits per heavy atom. The van der Waals surface area contributed by atoms with Crippen LogP contribution in [0.5, 0.6) is 0 Å². The number of hydrazone groups is 1. The van der Waals surface area contributed by atoms with E-state index in [1.54, 1.807) is 42.4 Å². The molecule has 0 amide bonds. The number of halogens is 2. The van der Waals surface area contributed by atoms with Crippen molar-refractivity contribution in [3.8, 4) is 11.1 Å². The maximum absolute atomic E-state index is 14.8. The van der Waals surface area contributed by atoms with Crippen LogP contribution in [0.4, 0.5) is 4.39 Å². The molecule has 8 heteroatoms. The monoisotopic (exact) mass is 490 g/mol. The summed E-state index contributed by atoms with van der Waals surface area (Å²) in [5, 5.41) is 10.9. The van der Waals surface area contributed by atoms with Gasteiger partial charge in [0.2, 0.25) is 0 Å². The average molecular weight is 491 g/mol. The fraction of sp³-hybridized carbons (Fsp3) is 0.115. The van der Waals surface area contributed by atoms with Crippen molar-refractivity contribution in [2.45, 2.75) is 12.5 Å². The van der Waals surface area contributed by atoms with Gasteiger partial charge >= 0.3 is 0 Å². The number of hydrogen-bond acceptors (Lipinski definition) is 3. The molecule has 0 spiro atoms. The Morgan fingerprint density at radius 3 is 2.59 bits per heavy atom. The van der Waals surface area contributed by atoms with Crippen molar-refractivity contribution in [1.29, 1.82) is 0 Å². The van der Waals surface area contributed by atoms with Gasteiger partial charge in [-0.25, -0.2) is 9.40 Å². The van der Waals surface area contributed by atoms with Crippen LogP contribution in [0.3, 0.4) is 0 Å². The molecule has 0 bridgehead atoms. The molecule has 0 saturated heterocycles. The molecule has 1 aromatic heterocycles. The van der Waals surface area contributed by atoms with Gasteiger partial charge in [0.25, 0.3) is 5.56 Å². The van der Waals surface area contributed by atoms with Crippen LogP contribution in [0, 0.1) is 5.82 Å². The summed E-state index contributed by atoms with van der Waals surface area (Å²) in [6.07, 6.45) is 0.303. The van der Waals surface area contributed by atoms with Crippen LogP contribution in [-0.4, -0.2) is 27.9 Å². The second-order valence-electron chi connectivity index (χ2n) is 7.95. The van der Waals surface area contributed by atoms with Gasteiger partial charge in [0.1, 0.15) is 5.82 Å². The third kappa shape index (κ3) is 3.87. The van der Waals surface area contributed by atoms with Crippen molar-refractivity contribution in [3.05, 3.63) is 105 Å². The highest BCUT2D eigenvalue weighted by molar-refractivity contribution is 7.80. The second-order valence-corrected chi connectivity index (χ2v) is 8.77. The van der Waals surface area contributed by atoms with E-state index in [1.807, 2.05) is 36.4 Å². The van der Waals surface area contributed by atoms with Crippen LogP contribution in [0.1, 0.15) is 23.6 Å². The molecule has 2 heterocycles. The smallest absolute Gasteiger partial charge is 0.258 e. The highest BCUT2D eigenvalue weighted by Crippen LogP contribution is 2.38. The molecule has 0 fully saturated rings. The van der Waals surface area contributed by atoms with Gasteiger partial charge in [0.05, 0.1) is 17.3 Å². The minimum Gasteiger partial charge on any atom is -0.364 e. The Hall–Kier alpha value is -3.55. The number of nitrogens with zero attached hydrogens (tertiary/aromatic N) is 2. The second kappa shape index (κ2) is 9.00. The van der Waals surface area contributed by atoms with E-state index in [9.17, 15) is 9.18 Å². The van der Waals surface area contributed by atoms with Gasteiger partial charge in [-0.1, -0.05) is 60.1 Å². The van der Waals surface area contributed by atoms with E-state index < -0.39 is 6.04 Å². The molecule has 1 aliphatic heterocycles. The molecule has 5 nitrogen and oxygen atoms in total. The molecule has 0 radical (unpaired) electrons. The predicted molar refractivity (Wildman–Crippen MR) is 139 cm³/mol. The van der Waals surface area contributed by atoms with E-state index >= 15 is 0 Å². The maximum atomic E-state index is 14.8. The highest BCUT2D eigenvalue weighted by Gasteiger charge is 2.35. The lowest BCUT2D eigenvalue weighted by molar-refractivity contribution is 0.356. The van der Waals surface area contributed by atoms with Gasteiger partial charge in [0, 0.05) is 40.5 Å². The van der Waals surface area contributed by atoms with E-state index in [1.165, 1.54) is 6.07 Å². The van der Waals surface area contributed by atoms with Crippen LogP contribution < -0.4 is 10.9 Å². The normalized spacial score (nSPS) is 15.4. The lowest BCUT2D eigenvalue weighted by atomic mass is 9.91. The highest BCUT2D eigenvalue weighted by atomic mass is 35.5. The number of fused-ring (bicyclic) bond motifs is 1. The minimum absolute atomic E-state index is 0.281. The molecule has 34 heavy (non-hydrogen) atoms. The number of hydrogen-bond donors (Lipinski definition) is 2. The number of thiocarbonyl (C=S) groups is 1. The molecule has 5 rings (SSSR count). The Kier molecular flexibility index (Phi) is 5.89. The Balaban J connectivity index is 1.76. The topological polar surface area (TPSA) is 60.5 Å². The van der Waals surface area contributed by atoms with E-state index in [0.717, 1.165) is 16.5 Å². The first-order chi connectivity index (χ1) is 16.5. The molecule has 1 atom stereocenters. The van der Waals surface area contributed by atoms with Gasteiger partial charge in [-0.2, -0.15) is 5.10 Å². The van der Waals surface area contributed by atoms with E-state index in [0.29, 0.717) is 38.9 Å². The van der Waals surface area contributed by atoms with E-state index in [-0.39, 0.29) is 11.4 Å². The Labute approximate surface area is 205 Å². The largest absolute Gasteiger partial charge is 0.364 e. The molecule has 0 aliphatic carbocycles. The van der Waals surface area contributed by atoms with Crippen LogP contribution in [0.25, 0.3) is 22.0 Å². The van der Waals surface area contributed by atoms with Crippen molar-refractivity contribution in [1.82, 2.24) is 15.3 Å². The number of nitrogens with one attached hydrogen (secondary N) is 2. The van der Waals surface area contributed by atoms with Gasteiger partial charge in [-0.15, -0.1) is 0 Å². The van der Waals surface area contributed by atoms with Gasteiger partial charge in [-0.05, 0) is 42.0 Å². The first kappa shape index (κ1) is 22.3. The summed E-state index contributed by atoms with van der Waals surface area (Å²) in [5.74, 6) is -0.352. The van der Waals surface area contributed by atoms with Crippen molar-refractivity contribution >= 4 is 45.5 Å². The quantitative estimate of drug-likeness (QED) is 0.365. The molecule has 0 unspecified atom stereocenters. The maximum Gasteiger partial charge on any atom is 0.258 e. The number of rotatable bonds is 3. The summed E-state index contributed by atoms with van der Waals surface area (Å²) in [6.45, 7) is 0. The summed E-state index contributed by atoms with van der Waals surface area (Å²) in [6, 6.07) is 21.0. The van der Waals surface area contributed by atoms with Crippen LogP contribution in [0.2, 0.25) is 5.02 Å². The van der Waals surface area contributed by atoms with Crippen molar-refractivity contribution in [2.24, 2.45) is 5.10 Å². The fourth-order valence-electron chi connectivity index (χ4n) is 4.40.